The van der Waals surface area contributed by atoms with Crippen LogP contribution in [0.5, 0.6) is 0 Å². The molecule has 0 saturated carbocycles. The van der Waals surface area contributed by atoms with Crippen molar-refractivity contribution < 1.29 is 9.53 Å². The highest BCUT2D eigenvalue weighted by atomic mass is 79.9. The van der Waals surface area contributed by atoms with Crippen LogP contribution >= 0.6 is 15.9 Å². The maximum absolute atomic E-state index is 11.9. The first-order valence-corrected chi connectivity index (χ1v) is 6.97. The molecule has 0 saturated heterocycles. The van der Waals surface area contributed by atoms with Gasteiger partial charge in [-0.2, -0.15) is 0 Å². The topological polar surface area (TPSA) is 51.2 Å². The van der Waals surface area contributed by atoms with Crippen LogP contribution in [0.2, 0.25) is 0 Å². The summed E-state index contributed by atoms with van der Waals surface area (Å²) in [6, 6.07) is 14.6. The Labute approximate surface area is 126 Å². The quantitative estimate of drug-likeness (QED) is 0.674. The summed E-state index contributed by atoms with van der Waals surface area (Å²) in [5, 5.41) is 3.17. The Balaban J connectivity index is 2.11. The number of esters is 1. The number of carbonyl (C=O) groups excluding carboxylic acids is 1. The van der Waals surface area contributed by atoms with E-state index in [0.29, 0.717) is 6.54 Å². The van der Waals surface area contributed by atoms with Crippen molar-refractivity contribution in [3.63, 3.8) is 0 Å². The zero-order valence-electron chi connectivity index (χ0n) is 11.0. The third kappa shape index (κ3) is 3.88. The van der Waals surface area contributed by atoms with Crippen molar-refractivity contribution in [1.82, 2.24) is 10.3 Å². The van der Waals surface area contributed by atoms with E-state index in [1.165, 1.54) is 7.11 Å². The summed E-state index contributed by atoms with van der Waals surface area (Å²) in [5.74, 6) is -0.314. The van der Waals surface area contributed by atoms with Crippen molar-refractivity contribution >= 4 is 21.9 Å². The van der Waals surface area contributed by atoms with Crippen molar-refractivity contribution in [3.05, 3.63) is 64.4 Å². The number of nitrogens with one attached hydrogen (secondary N) is 1. The first-order valence-electron chi connectivity index (χ1n) is 6.18. The van der Waals surface area contributed by atoms with Crippen molar-refractivity contribution in [3.8, 4) is 0 Å². The fourth-order valence-electron chi connectivity index (χ4n) is 1.86. The van der Waals surface area contributed by atoms with Gasteiger partial charge in [0, 0.05) is 6.54 Å². The third-order valence-electron chi connectivity index (χ3n) is 2.83. The Kier molecular flexibility index (Phi) is 5.26. The predicted octanol–water partition coefficient (Wildman–Crippen LogP) is 2.85. The van der Waals surface area contributed by atoms with E-state index in [1.54, 1.807) is 0 Å². The highest BCUT2D eigenvalue weighted by molar-refractivity contribution is 9.10. The van der Waals surface area contributed by atoms with Gasteiger partial charge in [-0.3, -0.25) is 5.32 Å². The molecule has 2 rings (SSSR count). The lowest BCUT2D eigenvalue weighted by Crippen LogP contribution is -2.29. The highest BCUT2D eigenvalue weighted by Crippen LogP contribution is 2.15. The Bertz CT molecular complexity index is 575. The summed E-state index contributed by atoms with van der Waals surface area (Å²) < 4.78 is 5.62. The van der Waals surface area contributed by atoms with Crippen molar-refractivity contribution in [2.75, 3.05) is 7.11 Å². The number of hydrogen-bond acceptors (Lipinski definition) is 4. The van der Waals surface area contributed by atoms with Crippen LogP contribution in [0.25, 0.3) is 0 Å². The molecule has 2 aromatic rings. The molecule has 0 aliphatic heterocycles. The van der Waals surface area contributed by atoms with E-state index in [0.717, 1.165) is 15.9 Å². The second-order valence-electron chi connectivity index (χ2n) is 4.20. The van der Waals surface area contributed by atoms with Crippen LogP contribution in [0, 0.1) is 0 Å². The van der Waals surface area contributed by atoms with Gasteiger partial charge in [0.15, 0.2) is 0 Å². The number of rotatable bonds is 5. The summed E-state index contributed by atoms with van der Waals surface area (Å²) in [7, 11) is 1.39. The van der Waals surface area contributed by atoms with E-state index >= 15 is 0 Å². The van der Waals surface area contributed by atoms with Gasteiger partial charge in [0.25, 0.3) is 0 Å². The molecule has 104 valence electrons. The molecule has 4 nitrogen and oxygen atoms in total. The number of pyridine rings is 1. The van der Waals surface area contributed by atoms with Crippen molar-refractivity contribution in [2.45, 2.75) is 12.6 Å². The highest BCUT2D eigenvalue weighted by Gasteiger charge is 2.20. The fourth-order valence-corrected chi connectivity index (χ4v) is 2.24. The largest absolute Gasteiger partial charge is 0.468 e. The Morgan fingerprint density at radius 1 is 1.25 bits per heavy atom. The monoisotopic (exact) mass is 334 g/mol. The summed E-state index contributed by atoms with van der Waals surface area (Å²) in [4.78, 5) is 16.2. The maximum atomic E-state index is 11.9. The van der Waals surface area contributed by atoms with Crippen LogP contribution in [-0.4, -0.2) is 18.1 Å². The molecule has 0 spiro atoms. The van der Waals surface area contributed by atoms with E-state index < -0.39 is 6.04 Å². The van der Waals surface area contributed by atoms with Gasteiger partial charge < -0.3 is 4.74 Å². The number of methoxy groups -OCH3 is 1. The zero-order chi connectivity index (χ0) is 14.4. The zero-order valence-corrected chi connectivity index (χ0v) is 12.6. The van der Waals surface area contributed by atoms with E-state index in [1.807, 2.05) is 48.5 Å². The van der Waals surface area contributed by atoms with Crippen LogP contribution in [0.15, 0.2) is 53.1 Å². The van der Waals surface area contributed by atoms with Gasteiger partial charge in [-0.25, -0.2) is 9.78 Å². The lowest BCUT2D eigenvalue weighted by molar-refractivity contribution is -0.143. The minimum absolute atomic E-state index is 0.314. The molecule has 1 heterocycles. The number of carbonyl (C=O) groups is 1. The van der Waals surface area contributed by atoms with E-state index in [9.17, 15) is 4.79 Å². The number of aromatic nitrogens is 1. The number of nitrogens with zero attached hydrogens (tertiary/aromatic N) is 1. The number of ether oxygens (including phenoxy) is 1. The lowest BCUT2D eigenvalue weighted by Gasteiger charge is -2.16. The van der Waals surface area contributed by atoms with Crippen LogP contribution in [0.1, 0.15) is 17.3 Å². The SMILES string of the molecule is COC(=O)C(NCc1cccc(Br)n1)c1ccccc1. The molecular formula is C15H15BrN2O2. The van der Waals surface area contributed by atoms with Gasteiger partial charge >= 0.3 is 5.97 Å². The molecule has 5 heteroatoms. The lowest BCUT2D eigenvalue weighted by atomic mass is 10.1. The van der Waals surface area contributed by atoms with Gasteiger partial charge in [-0.15, -0.1) is 0 Å². The minimum atomic E-state index is -0.498. The molecular weight excluding hydrogens is 320 g/mol. The normalized spacial score (nSPS) is 11.9. The van der Waals surface area contributed by atoms with Gasteiger partial charge in [0.1, 0.15) is 10.6 Å². The molecule has 20 heavy (non-hydrogen) atoms. The average Bonchev–Trinajstić information content (AvgIpc) is 2.48. The molecule has 1 aromatic carbocycles. The average molecular weight is 335 g/mol. The first kappa shape index (κ1) is 14.7. The van der Waals surface area contributed by atoms with E-state index in [-0.39, 0.29) is 5.97 Å². The molecule has 1 atom stereocenters. The minimum Gasteiger partial charge on any atom is -0.468 e. The molecule has 0 radical (unpaired) electrons. The smallest absolute Gasteiger partial charge is 0.327 e. The summed E-state index contributed by atoms with van der Waals surface area (Å²) >= 11 is 3.33. The first-order chi connectivity index (χ1) is 9.70. The van der Waals surface area contributed by atoms with Crippen molar-refractivity contribution in [2.24, 2.45) is 0 Å². The summed E-state index contributed by atoms with van der Waals surface area (Å²) in [6.45, 7) is 0.480. The third-order valence-corrected chi connectivity index (χ3v) is 3.27. The Morgan fingerprint density at radius 3 is 2.65 bits per heavy atom. The molecule has 1 unspecified atom stereocenters. The second-order valence-corrected chi connectivity index (χ2v) is 5.01. The molecule has 0 aliphatic rings. The number of halogens is 1. The number of benzene rings is 1. The summed E-state index contributed by atoms with van der Waals surface area (Å²) in [6.07, 6.45) is 0. The van der Waals surface area contributed by atoms with Crippen LogP contribution in [0.3, 0.4) is 0 Å². The van der Waals surface area contributed by atoms with Crippen molar-refractivity contribution in [1.29, 1.82) is 0 Å². The molecule has 0 fully saturated rings. The number of hydrogen-bond donors (Lipinski definition) is 1. The Hall–Kier alpha value is -1.72. The van der Waals surface area contributed by atoms with E-state index in [4.69, 9.17) is 4.74 Å². The van der Waals surface area contributed by atoms with Crippen LogP contribution in [0.4, 0.5) is 0 Å². The van der Waals surface area contributed by atoms with Gasteiger partial charge in [-0.05, 0) is 33.6 Å². The van der Waals surface area contributed by atoms with Crippen LogP contribution in [-0.2, 0) is 16.1 Å². The fraction of sp³-hybridized carbons (Fsp3) is 0.200. The molecule has 1 aromatic heterocycles. The summed E-state index contributed by atoms with van der Waals surface area (Å²) in [5.41, 5.74) is 1.72. The molecule has 1 N–H and O–H groups in total. The van der Waals surface area contributed by atoms with Gasteiger partial charge in [0.05, 0.1) is 12.8 Å². The molecule has 0 aliphatic carbocycles. The second kappa shape index (κ2) is 7.17. The van der Waals surface area contributed by atoms with E-state index in [2.05, 4.69) is 26.2 Å². The predicted molar refractivity (Wildman–Crippen MR) is 80.0 cm³/mol. The van der Waals surface area contributed by atoms with Gasteiger partial charge in [-0.1, -0.05) is 36.4 Å². The molecule has 0 bridgehead atoms. The molecule has 0 amide bonds. The van der Waals surface area contributed by atoms with Gasteiger partial charge in [0.2, 0.25) is 0 Å². The Morgan fingerprint density at radius 2 is 2.00 bits per heavy atom. The van der Waals surface area contributed by atoms with Crippen LogP contribution < -0.4 is 5.32 Å². The maximum Gasteiger partial charge on any atom is 0.327 e. The standard InChI is InChI=1S/C15H15BrN2O2/c1-20-15(19)14(11-6-3-2-4-7-11)17-10-12-8-5-9-13(16)18-12/h2-9,14,17H,10H2,1H3.